The Hall–Kier alpha value is -7.21. The molecule has 2 aromatic heterocycles. The van der Waals surface area contributed by atoms with Gasteiger partial charge in [0.15, 0.2) is 17.5 Å². The molecule has 1 aliphatic carbocycles. The molecule has 12 rings (SSSR count). The summed E-state index contributed by atoms with van der Waals surface area (Å²) in [6.07, 6.45) is 0. The number of ether oxygens (including phenoxy) is 1. The maximum absolute atomic E-state index is 6.59. The lowest BCUT2D eigenvalue weighted by Gasteiger charge is -2.39. The van der Waals surface area contributed by atoms with E-state index in [2.05, 4.69) is 127 Å². The molecule has 0 bridgehead atoms. The van der Waals surface area contributed by atoms with Gasteiger partial charge in [-0.3, -0.25) is 0 Å². The van der Waals surface area contributed by atoms with Crippen LogP contribution < -0.4 is 4.74 Å². The lowest BCUT2D eigenvalue weighted by atomic mass is 9.66. The van der Waals surface area contributed by atoms with Gasteiger partial charge in [-0.05, 0) is 63.7 Å². The first-order chi connectivity index (χ1) is 28.2. The summed E-state index contributed by atoms with van der Waals surface area (Å²) in [7, 11) is 0. The fourth-order valence-electron chi connectivity index (χ4n) is 9.13. The summed E-state index contributed by atoms with van der Waals surface area (Å²) in [5, 5.41) is 2.51. The van der Waals surface area contributed by atoms with Crippen LogP contribution in [0.2, 0.25) is 0 Å². The van der Waals surface area contributed by atoms with Crippen molar-refractivity contribution in [3.8, 4) is 67.9 Å². The van der Waals surface area contributed by atoms with Gasteiger partial charge >= 0.3 is 0 Å². The first-order valence-corrected chi connectivity index (χ1v) is 20.0. The molecule has 0 unspecified atom stereocenters. The van der Waals surface area contributed by atoms with E-state index in [0.717, 1.165) is 33.8 Å². The zero-order chi connectivity index (χ0) is 37.5. The summed E-state index contributed by atoms with van der Waals surface area (Å²) in [5.41, 5.74) is 12.1. The van der Waals surface area contributed by atoms with Gasteiger partial charge in [0.05, 0.1) is 5.41 Å². The van der Waals surface area contributed by atoms with E-state index in [0.29, 0.717) is 17.5 Å². The van der Waals surface area contributed by atoms with Gasteiger partial charge in [0, 0.05) is 48.0 Å². The summed E-state index contributed by atoms with van der Waals surface area (Å²) in [6, 6.07) is 66.6. The Morgan fingerprint density at radius 1 is 0.368 bits per heavy atom. The van der Waals surface area contributed by atoms with Crippen LogP contribution in [0, 0.1) is 0 Å². The smallest absolute Gasteiger partial charge is 0.164 e. The number of nitrogens with zero attached hydrogens (tertiary/aromatic N) is 3. The maximum Gasteiger partial charge on any atom is 0.164 e. The van der Waals surface area contributed by atoms with Crippen molar-refractivity contribution in [2.24, 2.45) is 0 Å². The molecule has 0 amide bonds. The average Bonchev–Trinajstić information content (AvgIpc) is 3.79. The topological polar surface area (TPSA) is 47.9 Å². The molecule has 1 aliphatic heterocycles. The van der Waals surface area contributed by atoms with Crippen molar-refractivity contribution in [1.82, 2.24) is 15.0 Å². The third-order valence-electron chi connectivity index (χ3n) is 11.6. The molecule has 10 aromatic rings. The monoisotopic (exact) mass is 745 g/mol. The Labute approximate surface area is 333 Å². The number of fused-ring (bicyclic) bond motifs is 12. The van der Waals surface area contributed by atoms with Crippen LogP contribution in [-0.4, -0.2) is 15.0 Å². The Morgan fingerprint density at radius 2 is 0.895 bits per heavy atom. The van der Waals surface area contributed by atoms with E-state index >= 15 is 0 Å². The predicted molar refractivity (Wildman–Crippen MR) is 232 cm³/mol. The van der Waals surface area contributed by atoms with Gasteiger partial charge in [0.1, 0.15) is 11.5 Å². The second kappa shape index (κ2) is 12.4. The SMILES string of the molecule is c1ccc(-c2nc(-c3ccccc3)nc(-c3cccc(-c4cccc5c4sc4cc6c(cc45)C4(c5ccccc5Oc5ccccc54)c4ccccc4-6)c3)n2)cc1. The summed E-state index contributed by atoms with van der Waals surface area (Å²) in [5.74, 6) is 3.75. The molecular weight excluding hydrogens is 715 g/mol. The van der Waals surface area contributed by atoms with Gasteiger partial charge in [-0.1, -0.05) is 158 Å². The second-order valence-electron chi connectivity index (χ2n) is 14.7. The molecule has 2 aliphatic rings. The van der Waals surface area contributed by atoms with Gasteiger partial charge in [-0.25, -0.2) is 15.0 Å². The molecule has 0 saturated heterocycles. The lowest BCUT2D eigenvalue weighted by molar-refractivity contribution is 0.436. The summed E-state index contributed by atoms with van der Waals surface area (Å²) >= 11 is 1.87. The lowest BCUT2D eigenvalue weighted by Crippen LogP contribution is -2.32. The minimum Gasteiger partial charge on any atom is -0.457 e. The zero-order valence-corrected chi connectivity index (χ0v) is 31.4. The van der Waals surface area contributed by atoms with Crippen LogP contribution in [0.1, 0.15) is 22.3 Å². The fourth-order valence-corrected chi connectivity index (χ4v) is 10.4. The number of hydrogen-bond donors (Lipinski definition) is 0. The minimum atomic E-state index is -0.506. The molecule has 0 radical (unpaired) electrons. The molecule has 5 heteroatoms. The van der Waals surface area contributed by atoms with Crippen LogP contribution in [0.15, 0.2) is 188 Å². The summed E-state index contributed by atoms with van der Waals surface area (Å²) in [4.78, 5) is 15.0. The first kappa shape index (κ1) is 32.1. The predicted octanol–water partition coefficient (Wildman–Crippen LogP) is 13.4. The number of benzene rings is 8. The fraction of sp³-hybridized carbons (Fsp3) is 0.0192. The highest BCUT2D eigenvalue weighted by molar-refractivity contribution is 7.26. The standard InChI is InChI=1S/C52H31N3OS/c1-3-15-32(16-4-1)49-53-50(33-17-5-2-6-18-33)55-51(54-49)35-20-13-19-34(29-35)36-22-14-23-38-40-30-44-39(31-47(40)57-48(36)38)37-21-7-8-24-41(37)52(44)42-25-9-11-27-45(42)56-46-28-12-10-26-43(46)52/h1-31H. The normalized spacial score (nSPS) is 13.2. The second-order valence-corrected chi connectivity index (χ2v) is 15.7. The Balaban J connectivity index is 1.05. The van der Waals surface area contributed by atoms with Crippen LogP contribution in [-0.2, 0) is 5.41 Å². The van der Waals surface area contributed by atoms with Crippen LogP contribution in [0.25, 0.3) is 76.6 Å². The summed E-state index contributed by atoms with van der Waals surface area (Å²) < 4.78 is 9.12. The molecule has 57 heavy (non-hydrogen) atoms. The first-order valence-electron chi connectivity index (χ1n) is 19.2. The van der Waals surface area contributed by atoms with E-state index in [1.807, 2.05) is 72.0 Å². The quantitative estimate of drug-likeness (QED) is 0.180. The molecule has 0 fully saturated rings. The third kappa shape index (κ3) is 4.76. The number of thiophene rings is 1. The highest BCUT2D eigenvalue weighted by Crippen LogP contribution is 2.63. The number of hydrogen-bond acceptors (Lipinski definition) is 5. The highest BCUT2D eigenvalue weighted by Gasteiger charge is 2.51. The number of rotatable bonds is 4. The molecule has 1 spiro atoms. The Morgan fingerprint density at radius 3 is 1.58 bits per heavy atom. The minimum absolute atomic E-state index is 0.506. The van der Waals surface area contributed by atoms with Crippen molar-refractivity contribution in [2.75, 3.05) is 0 Å². The average molecular weight is 746 g/mol. The van der Waals surface area contributed by atoms with Gasteiger partial charge < -0.3 is 4.74 Å². The Bertz CT molecular complexity index is 3120. The van der Waals surface area contributed by atoms with E-state index in [4.69, 9.17) is 19.7 Å². The third-order valence-corrected chi connectivity index (χ3v) is 12.8. The number of para-hydroxylation sites is 2. The van der Waals surface area contributed by atoms with Gasteiger partial charge in [0.25, 0.3) is 0 Å². The van der Waals surface area contributed by atoms with Crippen LogP contribution >= 0.6 is 11.3 Å². The molecule has 4 nitrogen and oxygen atoms in total. The van der Waals surface area contributed by atoms with Crippen LogP contribution in [0.3, 0.4) is 0 Å². The van der Waals surface area contributed by atoms with Crippen molar-refractivity contribution < 1.29 is 4.74 Å². The molecule has 0 atom stereocenters. The maximum atomic E-state index is 6.59. The van der Waals surface area contributed by atoms with Crippen molar-refractivity contribution in [2.45, 2.75) is 5.41 Å². The van der Waals surface area contributed by atoms with Crippen molar-refractivity contribution >= 4 is 31.5 Å². The summed E-state index contributed by atoms with van der Waals surface area (Å²) in [6.45, 7) is 0. The van der Waals surface area contributed by atoms with Crippen molar-refractivity contribution in [3.05, 3.63) is 210 Å². The molecular formula is C52H31N3OS. The van der Waals surface area contributed by atoms with Crippen molar-refractivity contribution in [1.29, 1.82) is 0 Å². The van der Waals surface area contributed by atoms with E-state index < -0.39 is 5.41 Å². The zero-order valence-electron chi connectivity index (χ0n) is 30.6. The van der Waals surface area contributed by atoms with E-state index in [1.165, 1.54) is 59.1 Å². The van der Waals surface area contributed by atoms with E-state index in [1.54, 1.807) is 0 Å². The van der Waals surface area contributed by atoms with Crippen LogP contribution in [0.5, 0.6) is 11.5 Å². The van der Waals surface area contributed by atoms with Gasteiger partial charge in [-0.2, -0.15) is 0 Å². The molecule has 266 valence electrons. The largest absolute Gasteiger partial charge is 0.457 e. The number of aromatic nitrogens is 3. The molecule has 0 N–H and O–H groups in total. The highest BCUT2D eigenvalue weighted by atomic mass is 32.1. The van der Waals surface area contributed by atoms with Crippen LogP contribution in [0.4, 0.5) is 0 Å². The van der Waals surface area contributed by atoms with Crippen molar-refractivity contribution in [3.63, 3.8) is 0 Å². The Kier molecular flexibility index (Phi) is 6.98. The van der Waals surface area contributed by atoms with E-state index in [9.17, 15) is 0 Å². The molecule has 0 saturated carbocycles. The molecule has 8 aromatic carbocycles. The van der Waals surface area contributed by atoms with Gasteiger partial charge in [0.2, 0.25) is 0 Å². The van der Waals surface area contributed by atoms with Gasteiger partial charge in [-0.15, -0.1) is 11.3 Å². The molecule has 3 heterocycles. The van der Waals surface area contributed by atoms with E-state index in [-0.39, 0.29) is 0 Å².